The summed E-state index contributed by atoms with van der Waals surface area (Å²) in [6.07, 6.45) is 0. The molecule has 2 N–H and O–H groups in total. The lowest BCUT2D eigenvalue weighted by atomic mass is 10.0. The first kappa shape index (κ1) is 11.1. The van der Waals surface area contributed by atoms with E-state index >= 15 is 0 Å². The zero-order valence-corrected chi connectivity index (χ0v) is 9.63. The van der Waals surface area contributed by atoms with Crippen LogP contribution in [0.1, 0.15) is 0 Å². The summed E-state index contributed by atoms with van der Waals surface area (Å²) in [5, 5.41) is 19.9. The van der Waals surface area contributed by atoms with Crippen molar-refractivity contribution in [1.82, 2.24) is 0 Å². The second-order valence-electron chi connectivity index (χ2n) is 3.33. The largest absolute Gasteiger partial charge is 0.508 e. The van der Waals surface area contributed by atoms with E-state index in [0.717, 1.165) is 0 Å². The fourth-order valence-electron chi connectivity index (χ4n) is 1.42. The van der Waals surface area contributed by atoms with Gasteiger partial charge in [0.2, 0.25) is 0 Å². The Morgan fingerprint density at radius 2 is 1.56 bits per heavy atom. The number of aromatic hydroxyl groups is 2. The van der Waals surface area contributed by atoms with Crippen LogP contribution in [0.2, 0.25) is 10.0 Å². The Bertz CT molecular complexity index is 539. The van der Waals surface area contributed by atoms with E-state index in [4.69, 9.17) is 23.2 Å². The molecule has 0 amide bonds. The fourth-order valence-corrected chi connectivity index (χ4v) is 1.72. The van der Waals surface area contributed by atoms with Crippen molar-refractivity contribution in [2.75, 3.05) is 0 Å². The Balaban J connectivity index is 2.58. The maximum Gasteiger partial charge on any atom is 0.123 e. The Kier molecular flexibility index (Phi) is 2.95. The maximum absolute atomic E-state index is 9.66. The van der Waals surface area contributed by atoms with Gasteiger partial charge in [-0.05, 0) is 35.9 Å². The van der Waals surface area contributed by atoms with Crippen molar-refractivity contribution in [3.05, 3.63) is 46.4 Å². The Hall–Kier alpha value is -1.38. The number of rotatable bonds is 1. The minimum atomic E-state index is 0.0798. The van der Waals surface area contributed by atoms with Crippen LogP contribution >= 0.6 is 23.2 Å². The zero-order chi connectivity index (χ0) is 11.7. The molecule has 0 fully saturated rings. The average Bonchev–Trinajstić information content (AvgIpc) is 2.26. The number of hydrogen-bond donors (Lipinski definition) is 2. The van der Waals surface area contributed by atoms with Crippen molar-refractivity contribution < 1.29 is 10.2 Å². The fraction of sp³-hybridized carbons (Fsp3) is 0. The number of benzene rings is 2. The summed E-state index contributed by atoms with van der Waals surface area (Å²) >= 11 is 11.7. The Morgan fingerprint density at radius 3 is 2.25 bits per heavy atom. The minimum absolute atomic E-state index is 0.0798. The first-order valence-corrected chi connectivity index (χ1v) is 5.31. The lowest BCUT2D eigenvalue weighted by molar-refractivity contribution is 0.462. The number of phenols is 2. The highest BCUT2D eigenvalue weighted by molar-refractivity contribution is 6.42. The quantitative estimate of drug-likeness (QED) is 0.754. The van der Waals surface area contributed by atoms with Crippen LogP contribution < -0.4 is 0 Å². The van der Waals surface area contributed by atoms with E-state index in [9.17, 15) is 10.2 Å². The molecule has 4 heteroatoms. The molecular weight excluding hydrogens is 247 g/mol. The monoisotopic (exact) mass is 254 g/mol. The SMILES string of the molecule is Oc1ccc(O)c(-c2ccc(Cl)c(Cl)c2)c1. The van der Waals surface area contributed by atoms with Gasteiger partial charge in [-0.1, -0.05) is 29.3 Å². The maximum atomic E-state index is 9.66. The molecule has 0 aliphatic carbocycles. The van der Waals surface area contributed by atoms with Crippen LogP contribution in [0.4, 0.5) is 0 Å². The molecular formula is C12H8Cl2O2. The van der Waals surface area contributed by atoms with Crippen LogP contribution in [0.15, 0.2) is 36.4 Å². The summed E-state index contributed by atoms with van der Waals surface area (Å²) in [6.45, 7) is 0. The summed E-state index contributed by atoms with van der Waals surface area (Å²) in [5.41, 5.74) is 1.21. The van der Waals surface area contributed by atoms with Crippen molar-refractivity contribution in [2.24, 2.45) is 0 Å². The molecule has 0 unspecified atom stereocenters. The smallest absolute Gasteiger partial charge is 0.123 e. The molecule has 0 aliphatic rings. The van der Waals surface area contributed by atoms with Crippen LogP contribution in [-0.2, 0) is 0 Å². The van der Waals surface area contributed by atoms with Gasteiger partial charge in [0, 0.05) is 5.56 Å². The van der Waals surface area contributed by atoms with E-state index in [2.05, 4.69) is 0 Å². The van der Waals surface area contributed by atoms with Gasteiger partial charge < -0.3 is 10.2 Å². The predicted octanol–water partition coefficient (Wildman–Crippen LogP) is 4.07. The number of phenolic OH excluding ortho intramolecular Hbond substituents is 2. The average molecular weight is 255 g/mol. The molecule has 2 aromatic rings. The highest BCUT2D eigenvalue weighted by Gasteiger charge is 2.07. The van der Waals surface area contributed by atoms with E-state index in [1.54, 1.807) is 18.2 Å². The molecule has 0 atom stereocenters. The van der Waals surface area contributed by atoms with Crippen LogP contribution in [0, 0.1) is 0 Å². The Labute approximate surface area is 103 Å². The first-order valence-electron chi connectivity index (χ1n) is 4.55. The normalized spacial score (nSPS) is 10.4. The van der Waals surface area contributed by atoms with Gasteiger partial charge in [-0.3, -0.25) is 0 Å². The molecule has 0 saturated carbocycles. The molecule has 0 saturated heterocycles. The van der Waals surface area contributed by atoms with Crippen molar-refractivity contribution in [3.8, 4) is 22.6 Å². The van der Waals surface area contributed by atoms with E-state index in [1.807, 2.05) is 0 Å². The van der Waals surface area contributed by atoms with Crippen LogP contribution in [-0.4, -0.2) is 10.2 Å². The number of halogens is 2. The molecule has 0 radical (unpaired) electrons. The van der Waals surface area contributed by atoms with E-state index in [1.165, 1.54) is 18.2 Å². The zero-order valence-electron chi connectivity index (χ0n) is 8.11. The minimum Gasteiger partial charge on any atom is -0.508 e. The second-order valence-corrected chi connectivity index (χ2v) is 4.14. The van der Waals surface area contributed by atoms with Gasteiger partial charge >= 0.3 is 0 Å². The van der Waals surface area contributed by atoms with Gasteiger partial charge in [-0.25, -0.2) is 0 Å². The highest BCUT2D eigenvalue weighted by atomic mass is 35.5. The summed E-state index contributed by atoms with van der Waals surface area (Å²) < 4.78 is 0. The second kappa shape index (κ2) is 4.24. The van der Waals surface area contributed by atoms with Crippen molar-refractivity contribution in [3.63, 3.8) is 0 Å². The van der Waals surface area contributed by atoms with Crippen molar-refractivity contribution >= 4 is 23.2 Å². The van der Waals surface area contributed by atoms with Gasteiger partial charge in [0.15, 0.2) is 0 Å². The van der Waals surface area contributed by atoms with Crippen LogP contribution in [0.5, 0.6) is 11.5 Å². The van der Waals surface area contributed by atoms with Gasteiger partial charge in [-0.2, -0.15) is 0 Å². The summed E-state index contributed by atoms with van der Waals surface area (Å²) in [5.74, 6) is 0.162. The molecule has 16 heavy (non-hydrogen) atoms. The van der Waals surface area contributed by atoms with E-state index in [0.29, 0.717) is 21.2 Å². The van der Waals surface area contributed by atoms with Crippen LogP contribution in [0.25, 0.3) is 11.1 Å². The molecule has 82 valence electrons. The third-order valence-electron chi connectivity index (χ3n) is 2.21. The summed E-state index contributed by atoms with van der Waals surface area (Å²) in [7, 11) is 0. The van der Waals surface area contributed by atoms with Gasteiger partial charge in [0.05, 0.1) is 10.0 Å². The lowest BCUT2D eigenvalue weighted by Crippen LogP contribution is -1.80. The molecule has 0 aliphatic heterocycles. The molecule has 0 heterocycles. The van der Waals surface area contributed by atoms with Crippen LogP contribution in [0.3, 0.4) is 0 Å². The van der Waals surface area contributed by atoms with Crippen molar-refractivity contribution in [2.45, 2.75) is 0 Å². The molecule has 2 aromatic carbocycles. The Morgan fingerprint density at radius 1 is 0.812 bits per heavy atom. The van der Waals surface area contributed by atoms with Gasteiger partial charge in [0.25, 0.3) is 0 Å². The van der Waals surface area contributed by atoms with Gasteiger partial charge in [-0.15, -0.1) is 0 Å². The standard InChI is InChI=1S/C12H8Cl2O2/c13-10-3-1-7(5-11(10)14)9-6-8(15)2-4-12(9)16/h1-6,15-16H. The molecule has 0 spiro atoms. The summed E-state index contributed by atoms with van der Waals surface area (Å²) in [4.78, 5) is 0. The van der Waals surface area contributed by atoms with Crippen molar-refractivity contribution in [1.29, 1.82) is 0 Å². The van der Waals surface area contributed by atoms with E-state index in [-0.39, 0.29) is 11.5 Å². The first-order chi connectivity index (χ1) is 7.58. The number of hydrogen-bond acceptors (Lipinski definition) is 2. The molecule has 2 nitrogen and oxygen atoms in total. The summed E-state index contributed by atoms with van der Waals surface area (Å²) in [6, 6.07) is 9.31. The molecule has 2 rings (SSSR count). The molecule has 0 aromatic heterocycles. The van der Waals surface area contributed by atoms with Gasteiger partial charge in [0.1, 0.15) is 11.5 Å². The predicted molar refractivity (Wildman–Crippen MR) is 65.2 cm³/mol. The third kappa shape index (κ3) is 2.08. The lowest BCUT2D eigenvalue weighted by Gasteiger charge is -2.06. The topological polar surface area (TPSA) is 40.5 Å². The van der Waals surface area contributed by atoms with E-state index < -0.39 is 0 Å². The third-order valence-corrected chi connectivity index (χ3v) is 2.95. The highest BCUT2D eigenvalue weighted by Crippen LogP contribution is 2.35. The molecule has 0 bridgehead atoms.